The lowest BCUT2D eigenvalue weighted by molar-refractivity contribution is -0.385. The summed E-state index contributed by atoms with van der Waals surface area (Å²) in [6.45, 7) is 2.37. The number of benzene rings is 1. The third-order valence-corrected chi connectivity index (χ3v) is 9.34. The van der Waals surface area contributed by atoms with E-state index >= 15 is 0 Å². The molecule has 1 amide bonds. The number of rotatable bonds is 9. The number of aliphatic hydroxyl groups excluding tert-OH is 1. The SMILES string of the molecule is CC(CN(C(=O)O)c1ccc(CO)cc1)C1(SSc2ccc([N+](=O)[O-])cn2)CCCCC1. The molecule has 1 saturated carbocycles. The molecule has 0 radical (unpaired) electrons. The van der Waals surface area contributed by atoms with E-state index in [2.05, 4.69) is 11.9 Å². The molecule has 2 aromatic rings. The third-order valence-electron chi connectivity index (χ3n) is 5.94. The summed E-state index contributed by atoms with van der Waals surface area (Å²) in [4.78, 5) is 28.0. The van der Waals surface area contributed by atoms with Crippen LogP contribution in [0, 0.1) is 16.0 Å². The van der Waals surface area contributed by atoms with Crippen molar-refractivity contribution in [2.75, 3.05) is 11.4 Å². The van der Waals surface area contributed by atoms with Gasteiger partial charge < -0.3 is 10.2 Å². The van der Waals surface area contributed by atoms with Gasteiger partial charge in [0.2, 0.25) is 0 Å². The number of carbonyl (C=O) groups is 1. The summed E-state index contributed by atoms with van der Waals surface area (Å²) in [5.74, 6) is 0.0759. The molecular weight excluding hydrogens is 450 g/mol. The molecule has 1 aliphatic carbocycles. The lowest BCUT2D eigenvalue weighted by Crippen LogP contribution is -2.43. The van der Waals surface area contributed by atoms with Crippen LogP contribution in [-0.2, 0) is 6.61 Å². The average molecular weight is 478 g/mol. The molecule has 3 rings (SSSR count). The predicted molar refractivity (Wildman–Crippen MR) is 127 cm³/mol. The van der Waals surface area contributed by atoms with Crippen molar-refractivity contribution in [2.24, 2.45) is 5.92 Å². The van der Waals surface area contributed by atoms with E-state index in [9.17, 15) is 25.1 Å². The van der Waals surface area contributed by atoms with Gasteiger partial charge in [-0.25, -0.2) is 9.78 Å². The first-order chi connectivity index (χ1) is 15.3. The number of nitro groups is 1. The normalized spacial score (nSPS) is 16.3. The fourth-order valence-corrected chi connectivity index (χ4v) is 7.19. The highest BCUT2D eigenvalue weighted by atomic mass is 33.1. The molecule has 0 aliphatic heterocycles. The molecule has 0 spiro atoms. The Balaban J connectivity index is 1.75. The molecule has 1 aromatic carbocycles. The number of nitrogens with zero attached hydrogens (tertiary/aromatic N) is 3. The maximum atomic E-state index is 12.0. The molecular formula is C22H27N3O5S2. The van der Waals surface area contributed by atoms with Crippen molar-refractivity contribution in [3.63, 3.8) is 0 Å². The minimum atomic E-state index is -1.01. The number of hydrogen-bond acceptors (Lipinski definition) is 7. The van der Waals surface area contributed by atoms with Gasteiger partial charge >= 0.3 is 6.09 Å². The van der Waals surface area contributed by atoms with Crippen LogP contribution < -0.4 is 4.90 Å². The molecule has 0 bridgehead atoms. The van der Waals surface area contributed by atoms with Gasteiger partial charge in [-0.3, -0.25) is 15.0 Å². The van der Waals surface area contributed by atoms with Crippen LogP contribution >= 0.6 is 21.6 Å². The molecule has 1 heterocycles. The first-order valence-electron chi connectivity index (χ1n) is 10.5. The summed E-state index contributed by atoms with van der Waals surface area (Å²) < 4.78 is -0.120. The lowest BCUT2D eigenvalue weighted by Gasteiger charge is -2.42. The monoisotopic (exact) mass is 477 g/mol. The molecule has 1 fully saturated rings. The van der Waals surface area contributed by atoms with E-state index in [0.717, 1.165) is 31.2 Å². The van der Waals surface area contributed by atoms with E-state index in [0.29, 0.717) is 17.3 Å². The molecule has 10 heteroatoms. The zero-order valence-electron chi connectivity index (χ0n) is 17.8. The Kier molecular flexibility index (Phi) is 8.38. The topological polar surface area (TPSA) is 117 Å². The second kappa shape index (κ2) is 11.0. The third kappa shape index (κ3) is 5.93. The van der Waals surface area contributed by atoms with Crippen molar-refractivity contribution < 1.29 is 19.9 Å². The minimum absolute atomic E-state index is 0.0376. The quantitative estimate of drug-likeness (QED) is 0.266. The van der Waals surface area contributed by atoms with Gasteiger partial charge in [0.25, 0.3) is 5.69 Å². The smallest absolute Gasteiger partial charge is 0.411 e. The molecule has 1 unspecified atom stereocenters. The number of carboxylic acid groups (broad SMARTS) is 1. The van der Waals surface area contributed by atoms with Gasteiger partial charge in [-0.2, -0.15) is 0 Å². The van der Waals surface area contributed by atoms with Crippen LogP contribution in [0.3, 0.4) is 0 Å². The molecule has 32 heavy (non-hydrogen) atoms. The Labute approximate surface area is 195 Å². The average Bonchev–Trinajstić information content (AvgIpc) is 2.81. The molecule has 172 valence electrons. The number of aromatic nitrogens is 1. The van der Waals surface area contributed by atoms with Crippen LogP contribution in [0.5, 0.6) is 0 Å². The molecule has 1 atom stereocenters. The van der Waals surface area contributed by atoms with E-state index in [1.165, 1.54) is 34.4 Å². The largest absolute Gasteiger partial charge is 0.465 e. The number of pyridine rings is 1. The van der Waals surface area contributed by atoms with Crippen LogP contribution in [0.1, 0.15) is 44.6 Å². The summed E-state index contributed by atoms with van der Waals surface area (Å²) in [7, 11) is 3.21. The van der Waals surface area contributed by atoms with Crippen LogP contribution in [0.2, 0.25) is 0 Å². The van der Waals surface area contributed by atoms with E-state index in [-0.39, 0.29) is 23.0 Å². The fraction of sp³-hybridized carbons (Fsp3) is 0.455. The highest BCUT2D eigenvalue weighted by Crippen LogP contribution is 2.52. The summed E-state index contributed by atoms with van der Waals surface area (Å²) >= 11 is 0. The van der Waals surface area contributed by atoms with Gasteiger partial charge in [0.15, 0.2) is 0 Å². The van der Waals surface area contributed by atoms with Crippen LogP contribution in [0.15, 0.2) is 47.6 Å². The number of hydrogen-bond donors (Lipinski definition) is 2. The maximum Gasteiger partial charge on any atom is 0.411 e. The molecule has 1 aromatic heterocycles. The Morgan fingerprint density at radius 1 is 1.22 bits per heavy atom. The predicted octanol–water partition coefficient (Wildman–Crippen LogP) is 5.75. The Bertz CT molecular complexity index is 918. The van der Waals surface area contributed by atoms with Crippen molar-refractivity contribution in [1.82, 2.24) is 4.98 Å². The Morgan fingerprint density at radius 3 is 2.44 bits per heavy atom. The van der Waals surface area contributed by atoms with E-state index in [1.807, 2.05) is 0 Å². The van der Waals surface area contributed by atoms with E-state index in [4.69, 9.17) is 0 Å². The Morgan fingerprint density at radius 2 is 1.91 bits per heavy atom. The molecule has 2 N–H and O–H groups in total. The number of anilines is 1. The highest BCUT2D eigenvalue weighted by Gasteiger charge is 2.40. The summed E-state index contributed by atoms with van der Waals surface area (Å²) in [6, 6.07) is 10.0. The van der Waals surface area contributed by atoms with Crippen molar-refractivity contribution in [3.05, 3.63) is 58.3 Å². The lowest BCUT2D eigenvalue weighted by atomic mass is 9.79. The minimum Gasteiger partial charge on any atom is -0.465 e. The van der Waals surface area contributed by atoms with Gasteiger partial charge in [-0.15, -0.1) is 0 Å². The van der Waals surface area contributed by atoms with E-state index in [1.54, 1.807) is 41.1 Å². The van der Waals surface area contributed by atoms with Gasteiger partial charge in [-0.1, -0.05) is 49.1 Å². The van der Waals surface area contributed by atoms with E-state index < -0.39 is 11.0 Å². The summed E-state index contributed by atoms with van der Waals surface area (Å²) in [6.07, 6.45) is 5.57. The highest BCUT2D eigenvalue weighted by molar-refractivity contribution is 8.77. The second-order valence-corrected chi connectivity index (χ2v) is 10.6. The first-order valence-corrected chi connectivity index (χ1v) is 12.7. The van der Waals surface area contributed by atoms with Crippen LogP contribution in [0.4, 0.5) is 16.2 Å². The standard InChI is InChI=1S/C22H27N3O5S2/c1-16(14-24(21(27)28)18-7-5-17(15-26)6-8-18)22(11-3-2-4-12-22)32-31-20-10-9-19(13-23-20)25(29)30/h5-10,13,16,26H,2-4,11-12,14-15H2,1H3,(H,27,28). The second-order valence-electron chi connectivity index (χ2n) is 8.02. The zero-order valence-corrected chi connectivity index (χ0v) is 19.5. The summed E-state index contributed by atoms with van der Waals surface area (Å²) in [5.41, 5.74) is 1.28. The van der Waals surface area contributed by atoms with Crippen LogP contribution in [0.25, 0.3) is 0 Å². The summed E-state index contributed by atoms with van der Waals surface area (Å²) in [5, 5.41) is 30.7. The van der Waals surface area contributed by atoms with Crippen molar-refractivity contribution in [2.45, 2.75) is 55.4 Å². The molecule has 1 aliphatic rings. The van der Waals surface area contributed by atoms with Crippen molar-refractivity contribution >= 4 is 39.1 Å². The van der Waals surface area contributed by atoms with Crippen LogP contribution in [-0.4, -0.2) is 37.5 Å². The van der Waals surface area contributed by atoms with Gasteiger partial charge in [-0.05, 0) is 53.3 Å². The number of amides is 1. The van der Waals surface area contributed by atoms with Crippen molar-refractivity contribution in [1.29, 1.82) is 0 Å². The van der Waals surface area contributed by atoms with Gasteiger partial charge in [0.05, 0.1) is 11.5 Å². The number of aliphatic hydroxyl groups is 1. The van der Waals surface area contributed by atoms with Gasteiger partial charge in [0, 0.05) is 23.0 Å². The Hall–Kier alpha value is -2.30. The fourth-order valence-electron chi connectivity index (χ4n) is 3.98. The maximum absolute atomic E-state index is 12.0. The molecule has 8 nitrogen and oxygen atoms in total. The van der Waals surface area contributed by atoms with Gasteiger partial charge in [0.1, 0.15) is 11.2 Å². The van der Waals surface area contributed by atoms with Crippen molar-refractivity contribution in [3.8, 4) is 0 Å². The zero-order chi connectivity index (χ0) is 23.1. The molecule has 0 saturated heterocycles. The first kappa shape index (κ1) is 24.3.